The smallest absolute Gasteiger partial charge is 0.790 e. The molecule has 0 amide bonds. The van der Waals surface area contributed by atoms with Crippen LogP contribution in [0.1, 0.15) is 32.1 Å². The quantitative estimate of drug-likeness (QED) is 0.0368. The summed E-state index contributed by atoms with van der Waals surface area (Å²) >= 11 is 0. The van der Waals surface area contributed by atoms with E-state index < -0.39 is 77.6 Å². The molecule has 1 aliphatic heterocycles. The standard InChI is InChI=1S/C17H32O15P2S2.3K/c18-9(7-29-11(19)4-2-1-3-10-5-6-35-36-10)8-30-34(27,28)32-17-14(22)12(20)16(13(21)15(17)23)31-33(24,25)26;;;/h9-10,12-18,20-23H,1-8H2,(H,27,28)(H2,24,25,26);;;/q;3*+1/p-3/t9?,10-,12?,13?,14?,15?,16?,17?;;;/m0.../s1. The zero-order chi connectivity index (χ0) is 27.1. The maximum atomic E-state index is 12.0. The first kappa shape index (κ1) is 46.2. The largest absolute Gasteiger partial charge is 1.00 e. The molecule has 22 heteroatoms. The summed E-state index contributed by atoms with van der Waals surface area (Å²) in [7, 11) is -7.49. The number of ether oxygens (including phenoxy) is 1. The zero-order valence-electron chi connectivity index (χ0n) is 21.8. The van der Waals surface area contributed by atoms with Crippen molar-refractivity contribution < 1.29 is 227 Å². The Kier molecular flexibility index (Phi) is 26.8. The van der Waals surface area contributed by atoms with E-state index in [0.29, 0.717) is 11.7 Å². The van der Waals surface area contributed by atoms with E-state index in [2.05, 4.69) is 13.6 Å². The van der Waals surface area contributed by atoms with Crippen molar-refractivity contribution in [2.75, 3.05) is 19.0 Å². The second-order valence-electron chi connectivity index (χ2n) is 8.20. The molecule has 39 heavy (non-hydrogen) atoms. The molecule has 5 N–H and O–H groups in total. The molecule has 6 unspecified atom stereocenters. The molecular formula is C17H29K3O15P2S2. The third-order valence-corrected chi connectivity index (χ3v) is 9.77. The summed E-state index contributed by atoms with van der Waals surface area (Å²) < 4.78 is 40.4. The number of hydrogen-bond acceptors (Lipinski definition) is 17. The first-order valence-electron chi connectivity index (χ1n) is 10.9. The van der Waals surface area contributed by atoms with Crippen LogP contribution in [-0.4, -0.2) is 98.4 Å². The monoisotopic (exact) mass is 716 g/mol. The van der Waals surface area contributed by atoms with Crippen LogP contribution in [-0.2, 0) is 32.2 Å². The Morgan fingerprint density at radius 3 is 1.92 bits per heavy atom. The number of carbonyl (C=O) groups is 1. The van der Waals surface area contributed by atoms with Crippen molar-refractivity contribution in [2.24, 2.45) is 0 Å². The first-order valence-corrected chi connectivity index (χ1v) is 16.2. The van der Waals surface area contributed by atoms with Crippen molar-refractivity contribution >= 4 is 43.2 Å². The molecule has 0 spiro atoms. The van der Waals surface area contributed by atoms with Crippen molar-refractivity contribution in [2.45, 2.75) is 80.1 Å². The van der Waals surface area contributed by atoms with Crippen LogP contribution in [0.2, 0.25) is 0 Å². The van der Waals surface area contributed by atoms with E-state index in [1.807, 2.05) is 21.6 Å². The predicted octanol–water partition coefficient (Wildman–Crippen LogP) is -11.8. The SMILES string of the molecule is O=C(CCCC[C@H]1CCSS1)OCC(O)COP(=O)([O-])OC1C(O)C(O)C(OP(=O)([O-])[O-])C(O)C1O.[K+].[K+].[K+]. The van der Waals surface area contributed by atoms with Gasteiger partial charge in [0.1, 0.15) is 49.3 Å². The average molecular weight is 717 g/mol. The molecule has 7 atom stereocenters. The van der Waals surface area contributed by atoms with Crippen LogP contribution in [0.4, 0.5) is 0 Å². The Bertz CT molecular complexity index is 793. The maximum absolute atomic E-state index is 12.0. The Hall–Kier alpha value is 5.10. The van der Waals surface area contributed by atoms with Gasteiger partial charge in [0.25, 0.3) is 7.82 Å². The molecule has 2 fully saturated rings. The maximum Gasteiger partial charge on any atom is 1.00 e. The third kappa shape index (κ3) is 17.7. The van der Waals surface area contributed by atoms with Crippen LogP contribution < -0.4 is 169 Å². The van der Waals surface area contributed by atoms with Gasteiger partial charge in [-0.3, -0.25) is 9.36 Å². The topological polar surface area (TPSA) is 258 Å². The minimum atomic E-state index is -5.76. The molecule has 1 saturated carbocycles. The van der Waals surface area contributed by atoms with E-state index in [1.165, 1.54) is 0 Å². The van der Waals surface area contributed by atoms with Gasteiger partial charge in [0.05, 0.1) is 14.4 Å². The molecular weight excluding hydrogens is 688 g/mol. The molecule has 0 bridgehead atoms. The number of unbranched alkanes of at least 4 members (excludes halogenated alkanes) is 1. The number of esters is 1. The number of rotatable bonds is 14. The van der Waals surface area contributed by atoms with Gasteiger partial charge in [-0.2, -0.15) is 0 Å². The van der Waals surface area contributed by atoms with Gasteiger partial charge in [0.2, 0.25) is 0 Å². The van der Waals surface area contributed by atoms with Gasteiger partial charge in [-0.05, 0) is 19.3 Å². The van der Waals surface area contributed by atoms with E-state index in [-0.39, 0.29) is 161 Å². The summed E-state index contributed by atoms with van der Waals surface area (Å²) in [5.74, 6) is 0.535. The molecule has 1 heterocycles. The van der Waals surface area contributed by atoms with E-state index in [1.54, 1.807) is 0 Å². The fourth-order valence-corrected chi connectivity index (χ4v) is 7.99. The van der Waals surface area contributed by atoms with Crippen molar-refractivity contribution in [3.63, 3.8) is 0 Å². The molecule has 1 aliphatic carbocycles. The van der Waals surface area contributed by atoms with E-state index in [9.17, 15) is 54.1 Å². The number of carbonyl (C=O) groups excluding carboxylic acids is 1. The normalized spacial score (nSPS) is 31.1. The summed E-state index contributed by atoms with van der Waals surface area (Å²) in [5.41, 5.74) is 0. The van der Waals surface area contributed by atoms with Gasteiger partial charge in [0, 0.05) is 17.4 Å². The number of phosphoric ester groups is 2. The van der Waals surface area contributed by atoms with Crippen LogP contribution >= 0.6 is 37.2 Å². The molecule has 0 aromatic carbocycles. The average Bonchev–Trinajstić information content (AvgIpc) is 3.31. The van der Waals surface area contributed by atoms with Crippen molar-refractivity contribution in [3.8, 4) is 0 Å². The zero-order valence-corrected chi connectivity index (χ0v) is 34.6. The van der Waals surface area contributed by atoms with Gasteiger partial charge in [0.15, 0.2) is 0 Å². The molecule has 0 aromatic rings. The van der Waals surface area contributed by atoms with Gasteiger partial charge in [-0.15, -0.1) is 0 Å². The van der Waals surface area contributed by atoms with Gasteiger partial charge in [-0.25, -0.2) is 0 Å². The summed E-state index contributed by atoms with van der Waals surface area (Å²) in [6.45, 7) is -1.51. The van der Waals surface area contributed by atoms with Gasteiger partial charge in [-0.1, -0.05) is 28.0 Å². The summed E-state index contributed by atoms with van der Waals surface area (Å²) in [6, 6.07) is 0. The van der Waals surface area contributed by atoms with Crippen molar-refractivity contribution in [1.82, 2.24) is 0 Å². The molecule has 15 nitrogen and oxygen atoms in total. The van der Waals surface area contributed by atoms with E-state index in [4.69, 9.17) is 4.74 Å². The first-order chi connectivity index (χ1) is 16.7. The Balaban J connectivity index is 0. The van der Waals surface area contributed by atoms with E-state index >= 15 is 0 Å². The molecule has 212 valence electrons. The molecule has 0 radical (unpaired) electrons. The van der Waals surface area contributed by atoms with Gasteiger partial charge >= 0.3 is 160 Å². The minimum Gasteiger partial charge on any atom is -0.790 e. The molecule has 1 saturated heterocycles. The second-order valence-corrected chi connectivity index (χ2v) is 13.5. The Labute approximate surface area is 361 Å². The van der Waals surface area contributed by atoms with Crippen LogP contribution in [0, 0.1) is 0 Å². The van der Waals surface area contributed by atoms with Crippen molar-refractivity contribution in [3.05, 3.63) is 0 Å². The molecule has 0 aromatic heterocycles. The minimum absolute atomic E-state index is 0. The van der Waals surface area contributed by atoms with Crippen molar-refractivity contribution in [1.29, 1.82) is 0 Å². The number of phosphoric acid groups is 2. The summed E-state index contributed by atoms with van der Waals surface area (Å²) in [5, 5.41) is 50.1. The van der Waals surface area contributed by atoms with Gasteiger partial charge < -0.3 is 63.1 Å². The van der Waals surface area contributed by atoms with Crippen LogP contribution in [0.25, 0.3) is 0 Å². The Morgan fingerprint density at radius 1 is 0.897 bits per heavy atom. The molecule has 2 rings (SSSR count). The predicted molar refractivity (Wildman–Crippen MR) is 119 cm³/mol. The number of aliphatic hydroxyl groups excluding tert-OH is 5. The second kappa shape index (κ2) is 22.6. The third-order valence-electron chi connectivity index (χ3n) is 5.29. The van der Waals surface area contributed by atoms with Crippen LogP contribution in [0.5, 0.6) is 0 Å². The van der Waals surface area contributed by atoms with E-state index in [0.717, 1.165) is 25.0 Å². The summed E-state index contributed by atoms with van der Waals surface area (Å²) in [6.07, 6.45) is -11.8. The van der Waals surface area contributed by atoms with Crippen LogP contribution in [0.15, 0.2) is 0 Å². The number of aliphatic hydroxyl groups is 5. The Morgan fingerprint density at radius 2 is 1.44 bits per heavy atom. The van der Waals surface area contributed by atoms with Crippen LogP contribution in [0.3, 0.4) is 0 Å². The fraction of sp³-hybridized carbons (Fsp3) is 0.941. The molecule has 2 aliphatic rings. The fourth-order valence-electron chi connectivity index (χ4n) is 3.45. The summed E-state index contributed by atoms with van der Waals surface area (Å²) in [4.78, 5) is 45.3. The number of hydrogen-bond donors (Lipinski definition) is 5.